The maximum atomic E-state index is 12.4. The molecule has 1 aliphatic heterocycles. The van der Waals surface area contributed by atoms with E-state index in [-0.39, 0.29) is 5.70 Å². The molecule has 198 valence electrons. The first-order chi connectivity index (χ1) is 18.7. The van der Waals surface area contributed by atoms with Crippen molar-refractivity contribution in [2.24, 2.45) is 4.99 Å². The summed E-state index contributed by atoms with van der Waals surface area (Å²) in [5.41, 5.74) is 2.97. The van der Waals surface area contributed by atoms with Gasteiger partial charge in [-0.05, 0) is 60.0 Å². The molecule has 1 aliphatic rings. The first-order valence-electron chi connectivity index (χ1n) is 13.7. The highest BCUT2D eigenvalue weighted by atomic mass is 16.6. The van der Waals surface area contributed by atoms with E-state index in [4.69, 9.17) is 14.2 Å². The number of unbranched alkanes of at least 4 members (excludes halogenated alkanes) is 7. The molecule has 0 saturated heterocycles. The highest BCUT2D eigenvalue weighted by Gasteiger charge is 2.24. The molecule has 0 aliphatic carbocycles. The zero-order valence-electron chi connectivity index (χ0n) is 22.2. The van der Waals surface area contributed by atoms with Gasteiger partial charge in [-0.25, -0.2) is 9.79 Å². The maximum absolute atomic E-state index is 12.4. The van der Waals surface area contributed by atoms with Crippen LogP contribution < -0.4 is 9.47 Å². The summed E-state index contributed by atoms with van der Waals surface area (Å²) in [6, 6.07) is 25.1. The van der Waals surface area contributed by atoms with Gasteiger partial charge in [0.1, 0.15) is 18.1 Å². The number of hydrogen-bond donors (Lipinski definition) is 0. The van der Waals surface area contributed by atoms with Crippen molar-refractivity contribution in [1.29, 1.82) is 0 Å². The lowest BCUT2D eigenvalue weighted by molar-refractivity contribution is -0.129. The van der Waals surface area contributed by atoms with E-state index in [1.165, 1.54) is 44.9 Å². The first-order valence-corrected chi connectivity index (χ1v) is 13.7. The molecule has 5 nitrogen and oxygen atoms in total. The SMILES string of the molecule is CCCCCCCCCCOc1ccc(C2=NC(=Cc3ccc(OCc4ccccc4)cc3)C(=O)O2)cc1. The van der Waals surface area contributed by atoms with Crippen molar-refractivity contribution < 1.29 is 19.0 Å². The Balaban J connectivity index is 1.24. The Morgan fingerprint density at radius 2 is 1.37 bits per heavy atom. The molecule has 1 heterocycles. The standard InChI is InChI=1S/C33H37NO4/c1-2-3-4-5-6-7-8-12-23-36-29-21-17-28(18-22-29)32-34-31(33(35)38-32)24-26-15-19-30(20-16-26)37-25-27-13-10-9-11-14-27/h9-11,13-22,24H,2-8,12,23,25H2,1H3. The van der Waals surface area contributed by atoms with Crippen LogP contribution in [0.5, 0.6) is 11.5 Å². The fourth-order valence-corrected chi connectivity index (χ4v) is 4.21. The molecule has 0 fully saturated rings. The molecular weight excluding hydrogens is 474 g/mol. The molecule has 0 amide bonds. The van der Waals surface area contributed by atoms with E-state index >= 15 is 0 Å². The largest absolute Gasteiger partial charge is 0.494 e. The van der Waals surface area contributed by atoms with Crippen molar-refractivity contribution in [3.8, 4) is 11.5 Å². The third-order valence-corrected chi connectivity index (χ3v) is 6.42. The minimum absolute atomic E-state index is 0.271. The van der Waals surface area contributed by atoms with Gasteiger partial charge in [0, 0.05) is 5.56 Å². The highest BCUT2D eigenvalue weighted by Crippen LogP contribution is 2.22. The number of ether oxygens (including phenoxy) is 3. The number of cyclic esters (lactones) is 1. The zero-order chi connectivity index (χ0) is 26.4. The fourth-order valence-electron chi connectivity index (χ4n) is 4.21. The Morgan fingerprint density at radius 3 is 2.08 bits per heavy atom. The van der Waals surface area contributed by atoms with E-state index in [1.54, 1.807) is 6.08 Å². The molecule has 38 heavy (non-hydrogen) atoms. The second-order valence-corrected chi connectivity index (χ2v) is 9.53. The van der Waals surface area contributed by atoms with Gasteiger partial charge in [0.25, 0.3) is 0 Å². The van der Waals surface area contributed by atoms with Crippen molar-refractivity contribution in [2.45, 2.75) is 64.9 Å². The summed E-state index contributed by atoms with van der Waals surface area (Å²) in [6.45, 7) is 3.47. The quantitative estimate of drug-likeness (QED) is 0.117. The van der Waals surface area contributed by atoms with Crippen LogP contribution in [0, 0.1) is 0 Å². The van der Waals surface area contributed by atoms with Gasteiger partial charge in [0.2, 0.25) is 5.90 Å². The van der Waals surface area contributed by atoms with Gasteiger partial charge in [-0.3, -0.25) is 0 Å². The Bertz CT molecular complexity index is 1200. The molecule has 0 atom stereocenters. The van der Waals surface area contributed by atoms with Crippen molar-refractivity contribution >= 4 is 17.9 Å². The van der Waals surface area contributed by atoms with Crippen LogP contribution in [0.15, 0.2) is 89.6 Å². The monoisotopic (exact) mass is 511 g/mol. The summed E-state index contributed by atoms with van der Waals surface area (Å²) in [5, 5.41) is 0. The predicted octanol–water partition coefficient (Wildman–Crippen LogP) is 8.13. The van der Waals surface area contributed by atoms with Gasteiger partial charge in [-0.15, -0.1) is 0 Å². The van der Waals surface area contributed by atoms with Crippen molar-refractivity contribution in [3.63, 3.8) is 0 Å². The predicted molar refractivity (Wildman–Crippen MR) is 152 cm³/mol. The highest BCUT2D eigenvalue weighted by molar-refractivity contribution is 6.12. The Hall–Kier alpha value is -3.86. The first kappa shape index (κ1) is 27.2. The van der Waals surface area contributed by atoms with Crippen LogP contribution in [0.4, 0.5) is 0 Å². The van der Waals surface area contributed by atoms with E-state index in [0.717, 1.165) is 34.6 Å². The molecule has 0 bridgehead atoms. The summed E-state index contributed by atoms with van der Waals surface area (Å²) >= 11 is 0. The molecule has 0 saturated carbocycles. The lowest BCUT2D eigenvalue weighted by atomic mass is 10.1. The molecule has 0 N–H and O–H groups in total. The molecular formula is C33H37NO4. The van der Waals surface area contributed by atoms with E-state index in [2.05, 4.69) is 11.9 Å². The van der Waals surface area contributed by atoms with Crippen LogP contribution in [0.2, 0.25) is 0 Å². The van der Waals surface area contributed by atoms with E-state index in [9.17, 15) is 4.79 Å². The summed E-state index contributed by atoms with van der Waals surface area (Å²) in [4.78, 5) is 16.8. The van der Waals surface area contributed by atoms with Crippen LogP contribution in [-0.2, 0) is 16.1 Å². The summed E-state index contributed by atoms with van der Waals surface area (Å²) in [6.07, 6.45) is 11.9. The van der Waals surface area contributed by atoms with E-state index in [1.807, 2.05) is 78.9 Å². The minimum Gasteiger partial charge on any atom is -0.494 e. The van der Waals surface area contributed by atoms with E-state index < -0.39 is 5.97 Å². The van der Waals surface area contributed by atoms with Crippen LogP contribution in [0.25, 0.3) is 6.08 Å². The Kier molecular flexibility index (Phi) is 10.6. The molecule has 5 heteroatoms. The smallest absolute Gasteiger partial charge is 0.363 e. The maximum Gasteiger partial charge on any atom is 0.363 e. The molecule has 3 aromatic rings. The summed E-state index contributed by atoms with van der Waals surface area (Å²) in [5.74, 6) is 1.42. The van der Waals surface area contributed by atoms with Crippen molar-refractivity contribution in [1.82, 2.24) is 0 Å². The normalized spacial score (nSPS) is 13.9. The molecule has 0 aromatic heterocycles. The number of benzene rings is 3. The summed E-state index contributed by atoms with van der Waals surface area (Å²) in [7, 11) is 0. The molecule has 4 rings (SSSR count). The number of aliphatic imine (C=N–C) groups is 1. The molecule has 0 unspecified atom stereocenters. The number of esters is 1. The van der Waals surface area contributed by atoms with Gasteiger partial charge in [-0.2, -0.15) is 0 Å². The van der Waals surface area contributed by atoms with Gasteiger partial charge < -0.3 is 14.2 Å². The van der Waals surface area contributed by atoms with Crippen LogP contribution in [0.1, 0.15) is 75.0 Å². The lowest BCUT2D eigenvalue weighted by Crippen LogP contribution is -2.05. The third-order valence-electron chi connectivity index (χ3n) is 6.42. The van der Waals surface area contributed by atoms with Crippen molar-refractivity contribution in [3.05, 3.63) is 101 Å². The number of rotatable bonds is 15. The lowest BCUT2D eigenvalue weighted by Gasteiger charge is -2.07. The Labute approximate surface area is 226 Å². The average molecular weight is 512 g/mol. The number of carbonyl (C=O) groups excluding carboxylic acids is 1. The topological polar surface area (TPSA) is 57.1 Å². The molecule has 0 spiro atoms. The van der Waals surface area contributed by atoms with Gasteiger partial charge in [0.05, 0.1) is 6.61 Å². The second kappa shape index (κ2) is 14.8. The average Bonchev–Trinajstić information content (AvgIpc) is 3.32. The number of carbonyl (C=O) groups is 1. The second-order valence-electron chi connectivity index (χ2n) is 9.53. The van der Waals surface area contributed by atoms with Gasteiger partial charge in [0.15, 0.2) is 5.70 Å². The number of nitrogens with zero attached hydrogens (tertiary/aromatic N) is 1. The number of hydrogen-bond acceptors (Lipinski definition) is 5. The van der Waals surface area contributed by atoms with Gasteiger partial charge in [-0.1, -0.05) is 94.3 Å². The van der Waals surface area contributed by atoms with Gasteiger partial charge >= 0.3 is 5.97 Å². The van der Waals surface area contributed by atoms with Crippen LogP contribution >= 0.6 is 0 Å². The van der Waals surface area contributed by atoms with E-state index in [0.29, 0.717) is 19.1 Å². The Morgan fingerprint density at radius 1 is 0.737 bits per heavy atom. The third kappa shape index (κ3) is 8.62. The molecule has 0 radical (unpaired) electrons. The molecule has 3 aromatic carbocycles. The zero-order valence-corrected chi connectivity index (χ0v) is 22.2. The fraction of sp³-hybridized carbons (Fsp3) is 0.333. The van der Waals surface area contributed by atoms with Crippen LogP contribution in [-0.4, -0.2) is 18.5 Å². The van der Waals surface area contributed by atoms with Crippen LogP contribution in [0.3, 0.4) is 0 Å². The summed E-state index contributed by atoms with van der Waals surface area (Å²) < 4.78 is 17.1. The minimum atomic E-state index is -0.459. The van der Waals surface area contributed by atoms with Crippen molar-refractivity contribution in [2.75, 3.05) is 6.61 Å².